The Hall–Kier alpha value is -1.57. The molecule has 0 aliphatic carbocycles. The Morgan fingerprint density at radius 2 is 1.91 bits per heavy atom. The van der Waals surface area contributed by atoms with Gasteiger partial charge in [-0.2, -0.15) is 0 Å². The number of nitrogens with one attached hydrogen (secondary N) is 3. The molecule has 1 aliphatic rings. The van der Waals surface area contributed by atoms with Crippen LogP contribution in [0.1, 0.15) is 5.56 Å². The first kappa shape index (κ1) is 17.8. The van der Waals surface area contributed by atoms with E-state index in [1.54, 1.807) is 0 Å². The summed E-state index contributed by atoms with van der Waals surface area (Å²) < 4.78 is 0. The molecule has 1 heterocycles. The number of hydrazine groups is 1. The van der Waals surface area contributed by atoms with Crippen molar-refractivity contribution in [3.8, 4) is 0 Å². The number of nitrogens with zero attached hydrogens (tertiary/aromatic N) is 1. The Balaban J connectivity index is 1.62. The zero-order valence-corrected chi connectivity index (χ0v) is 14.5. The number of anilines is 1. The minimum absolute atomic E-state index is 0.0436. The third-order valence-electron chi connectivity index (χ3n) is 3.67. The van der Waals surface area contributed by atoms with Crippen LogP contribution in [0.25, 0.3) is 0 Å². The summed E-state index contributed by atoms with van der Waals surface area (Å²) >= 11 is 1.33. The summed E-state index contributed by atoms with van der Waals surface area (Å²) in [6, 6.07) is 7.67. The van der Waals surface area contributed by atoms with Crippen molar-refractivity contribution in [2.45, 2.75) is 6.92 Å². The SMILES string of the molecule is Cc1cccc(NC(=O)CSCC(=O)NN2CC[NH+](C)CC2)c1. The molecule has 0 bridgehead atoms. The second-order valence-electron chi connectivity index (χ2n) is 5.89. The van der Waals surface area contributed by atoms with Crippen molar-refractivity contribution >= 4 is 29.3 Å². The fraction of sp³-hybridized carbons (Fsp3) is 0.500. The Morgan fingerprint density at radius 1 is 1.22 bits per heavy atom. The Bertz CT molecular complexity index is 545. The monoisotopic (exact) mass is 337 g/mol. The van der Waals surface area contributed by atoms with Gasteiger partial charge >= 0.3 is 0 Å². The van der Waals surface area contributed by atoms with Crippen molar-refractivity contribution in [1.29, 1.82) is 0 Å². The minimum atomic E-state index is -0.0865. The molecule has 2 rings (SSSR count). The third-order valence-corrected chi connectivity index (χ3v) is 4.60. The van der Waals surface area contributed by atoms with Crippen LogP contribution in [0.4, 0.5) is 5.69 Å². The number of thioether (sulfide) groups is 1. The molecule has 0 atom stereocenters. The highest BCUT2D eigenvalue weighted by molar-refractivity contribution is 8.00. The predicted octanol–water partition coefficient (Wildman–Crippen LogP) is -0.472. The van der Waals surface area contributed by atoms with Crippen LogP contribution in [0.15, 0.2) is 24.3 Å². The maximum atomic E-state index is 11.9. The van der Waals surface area contributed by atoms with Crippen molar-refractivity contribution in [2.75, 3.05) is 50.0 Å². The lowest BCUT2D eigenvalue weighted by molar-refractivity contribution is -0.884. The molecule has 3 N–H and O–H groups in total. The number of carbonyl (C=O) groups excluding carboxylic acids is 2. The van der Waals surface area contributed by atoms with Crippen molar-refractivity contribution in [3.63, 3.8) is 0 Å². The maximum Gasteiger partial charge on any atom is 0.244 e. The minimum Gasteiger partial charge on any atom is -0.335 e. The van der Waals surface area contributed by atoms with Crippen LogP contribution in [0, 0.1) is 6.92 Å². The van der Waals surface area contributed by atoms with Gasteiger partial charge in [0.25, 0.3) is 0 Å². The van der Waals surface area contributed by atoms with Crippen molar-refractivity contribution in [1.82, 2.24) is 10.4 Å². The number of carbonyl (C=O) groups is 2. The number of piperazine rings is 1. The van der Waals surface area contributed by atoms with Crippen molar-refractivity contribution < 1.29 is 14.5 Å². The molecule has 1 aromatic rings. The van der Waals surface area contributed by atoms with Crippen LogP contribution in [-0.2, 0) is 9.59 Å². The number of benzene rings is 1. The number of hydrogen-bond donors (Lipinski definition) is 3. The van der Waals surface area contributed by atoms with Gasteiger partial charge in [-0.25, -0.2) is 5.01 Å². The Labute approximate surface area is 141 Å². The van der Waals surface area contributed by atoms with Gasteiger partial charge in [0, 0.05) is 5.69 Å². The highest BCUT2D eigenvalue weighted by atomic mass is 32.2. The molecule has 0 saturated carbocycles. The molecule has 23 heavy (non-hydrogen) atoms. The van der Waals surface area contributed by atoms with Gasteiger partial charge in [0.15, 0.2) is 0 Å². The second kappa shape index (κ2) is 8.90. The van der Waals surface area contributed by atoms with Crippen molar-refractivity contribution in [3.05, 3.63) is 29.8 Å². The summed E-state index contributed by atoms with van der Waals surface area (Å²) in [6.07, 6.45) is 0. The summed E-state index contributed by atoms with van der Waals surface area (Å²) in [7, 11) is 2.15. The lowest BCUT2D eigenvalue weighted by atomic mass is 10.2. The average Bonchev–Trinajstić information content (AvgIpc) is 2.49. The molecule has 126 valence electrons. The molecule has 2 amide bonds. The van der Waals surface area contributed by atoms with Crippen LogP contribution in [0.5, 0.6) is 0 Å². The first-order valence-electron chi connectivity index (χ1n) is 7.83. The van der Waals surface area contributed by atoms with E-state index in [0.717, 1.165) is 37.4 Å². The molecule has 6 nitrogen and oxygen atoms in total. The molecule has 0 aromatic heterocycles. The van der Waals surface area contributed by atoms with Crippen LogP contribution >= 0.6 is 11.8 Å². The van der Waals surface area contributed by atoms with Gasteiger partial charge in [0.2, 0.25) is 11.8 Å². The van der Waals surface area contributed by atoms with E-state index in [1.165, 1.54) is 16.7 Å². The number of amides is 2. The van der Waals surface area contributed by atoms with Gasteiger partial charge in [-0.15, -0.1) is 11.8 Å². The summed E-state index contributed by atoms with van der Waals surface area (Å²) in [5.41, 5.74) is 4.79. The zero-order chi connectivity index (χ0) is 16.7. The van der Waals surface area contributed by atoms with Crippen LogP contribution in [0.2, 0.25) is 0 Å². The van der Waals surface area contributed by atoms with Gasteiger partial charge in [0.1, 0.15) is 0 Å². The molecule has 0 spiro atoms. The second-order valence-corrected chi connectivity index (χ2v) is 6.88. The Kier molecular flexibility index (Phi) is 6.88. The number of hydrogen-bond acceptors (Lipinski definition) is 4. The molecule has 1 aliphatic heterocycles. The summed E-state index contributed by atoms with van der Waals surface area (Å²) in [5.74, 6) is 0.434. The van der Waals surface area contributed by atoms with Crippen LogP contribution < -0.4 is 15.6 Å². The quantitative estimate of drug-likeness (QED) is 0.657. The zero-order valence-electron chi connectivity index (χ0n) is 13.7. The number of quaternary nitrogens is 1. The fourth-order valence-electron chi connectivity index (χ4n) is 2.37. The molecule has 1 fully saturated rings. The molecule has 1 saturated heterocycles. The highest BCUT2D eigenvalue weighted by Crippen LogP contribution is 2.10. The van der Waals surface area contributed by atoms with Gasteiger partial charge in [0.05, 0.1) is 44.7 Å². The molecule has 7 heteroatoms. The lowest BCUT2D eigenvalue weighted by Crippen LogP contribution is -3.12. The number of aryl methyl sites for hydroxylation is 1. The molecular formula is C16H25N4O2S+. The van der Waals surface area contributed by atoms with E-state index < -0.39 is 0 Å². The maximum absolute atomic E-state index is 11.9. The molecule has 0 radical (unpaired) electrons. The van der Waals surface area contributed by atoms with E-state index in [2.05, 4.69) is 17.8 Å². The van der Waals surface area contributed by atoms with E-state index >= 15 is 0 Å². The summed E-state index contributed by atoms with van der Waals surface area (Å²) in [5, 5.41) is 4.80. The van der Waals surface area contributed by atoms with Gasteiger partial charge in [-0.05, 0) is 24.6 Å². The number of rotatable bonds is 6. The van der Waals surface area contributed by atoms with Crippen LogP contribution in [0.3, 0.4) is 0 Å². The molecule has 1 aromatic carbocycles. The normalized spacial score (nSPS) is 16.1. The smallest absolute Gasteiger partial charge is 0.244 e. The predicted molar refractivity (Wildman–Crippen MR) is 93.5 cm³/mol. The first-order valence-corrected chi connectivity index (χ1v) is 8.98. The Morgan fingerprint density at radius 3 is 2.61 bits per heavy atom. The molecule has 0 unspecified atom stereocenters. The van der Waals surface area contributed by atoms with Crippen molar-refractivity contribution in [2.24, 2.45) is 0 Å². The van der Waals surface area contributed by atoms with E-state index in [4.69, 9.17) is 0 Å². The van der Waals surface area contributed by atoms with Gasteiger partial charge < -0.3 is 10.2 Å². The third kappa shape index (κ3) is 6.60. The first-order chi connectivity index (χ1) is 11.0. The summed E-state index contributed by atoms with van der Waals surface area (Å²) in [6.45, 7) is 5.79. The van der Waals surface area contributed by atoms with E-state index in [9.17, 15) is 9.59 Å². The average molecular weight is 337 g/mol. The van der Waals surface area contributed by atoms with Gasteiger partial charge in [-0.1, -0.05) is 12.1 Å². The number of likely N-dealkylation sites (N-methyl/N-ethyl adjacent to an activating group) is 1. The van der Waals surface area contributed by atoms with E-state index in [0.29, 0.717) is 5.75 Å². The van der Waals surface area contributed by atoms with Crippen LogP contribution in [-0.4, -0.2) is 61.6 Å². The lowest BCUT2D eigenvalue weighted by Gasteiger charge is -2.30. The largest absolute Gasteiger partial charge is 0.335 e. The van der Waals surface area contributed by atoms with E-state index in [1.807, 2.05) is 36.2 Å². The summed E-state index contributed by atoms with van der Waals surface area (Å²) in [4.78, 5) is 25.2. The van der Waals surface area contributed by atoms with Gasteiger partial charge in [-0.3, -0.25) is 15.0 Å². The standard InChI is InChI=1S/C16H24N4O2S/c1-13-4-3-5-14(10-13)17-15(21)11-23-12-16(22)18-20-8-6-19(2)7-9-20/h3-5,10H,6-9,11-12H2,1-2H3,(H,17,21)(H,18,22)/p+1. The van der Waals surface area contributed by atoms with E-state index in [-0.39, 0.29) is 17.6 Å². The topological polar surface area (TPSA) is 65.9 Å². The fourth-order valence-corrected chi connectivity index (χ4v) is 2.97. The highest BCUT2D eigenvalue weighted by Gasteiger charge is 2.18. The molecular weight excluding hydrogens is 312 g/mol.